The van der Waals surface area contributed by atoms with E-state index in [-0.39, 0.29) is 17.5 Å². The summed E-state index contributed by atoms with van der Waals surface area (Å²) in [5.41, 5.74) is 7.35. The van der Waals surface area contributed by atoms with Crippen LogP contribution >= 0.6 is 0 Å². The zero-order chi connectivity index (χ0) is 13.2. The molecular formula is C13H25N3O. The first kappa shape index (κ1) is 13.9. The van der Waals surface area contributed by atoms with Crippen molar-refractivity contribution in [1.82, 2.24) is 9.36 Å². The van der Waals surface area contributed by atoms with E-state index in [2.05, 4.69) is 39.3 Å². The Morgan fingerprint density at radius 1 is 1.24 bits per heavy atom. The quantitative estimate of drug-likeness (QED) is 0.859. The van der Waals surface area contributed by atoms with Crippen LogP contribution in [0, 0.1) is 0 Å². The van der Waals surface area contributed by atoms with Crippen molar-refractivity contribution in [3.05, 3.63) is 16.0 Å². The summed E-state index contributed by atoms with van der Waals surface area (Å²) in [5.74, 6) is 0.277. The number of hydrogen-bond acceptors (Lipinski definition) is 2. The maximum absolute atomic E-state index is 12.2. The molecule has 1 heterocycles. The lowest BCUT2D eigenvalue weighted by atomic mass is 10.1. The molecule has 0 aliphatic rings. The molecule has 0 spiro atoms. The summed E-state index contributed by atoms with van der Waals surface area (Å²) in [6, 6.07) is 0.198. The molecule has 2 N–H and O–H groups in total. The highest BCUT2D eigenvalue weighted by Gasteiger charge is 2.21. The Labute approximate surface area is 103 Å². The molecule has 4 nitrogen and oxygen atoms in total. The summed E-state index contributed by atoms with van der Waals surface area (Å²) in [5, 5.41) is 0. The molecule has 0 fully saturated rings. The lowest BCUT2D eigenvalue weighted by Crippen LogP contribution is -2.27. The van der Waals surface area contributed by atoms with Gasteiger partial charge in [0.15, 0.2) is 0 Å². The Morgan fingerprint density at radius 2 is 1.82 bits per heavy atom. The molecule has 98 valence electrons. The molecule has 1 aromatic rings. The molecule has 1 atom stereocenters. The molecular weight excluding hydrogens is 214 g/mol. The molecule has 17 heavy (non-hydrogen) atoms. The van der Waals surface area contributed by atoms with E-state index >= 15 is 0 Å². The number of nitrogens with zero attached hydrogens (tertiary/aromatic N) is 2. The van der Waals surface area contributed by atoms with E-state index in [0.29, 0.717) is 5.69 Å². The van der Waals surface area contributed by atoms with Gasteiger partial charge in [-0.1, -0.05) is 27.7 Å². The molecule has 0 saturated carbocycles. The monoisotopic (exact) mass is 239 g/mol. The summed E-state index contributed by atoms with van der Waals surface area (Å²) in [7, 11) is 0. The fourth-order valence-electron chi connectivity index (χ4n) is 2.26. The minimum absolute atomic E-state index is 0.0310. The standard InChI is InChI=1S/C13H25N3O/c1-6-8-15-12(9(3)4)11(14)13(17)16(15)10(5)7-2/h9-10H,6-8,14H2,1-5H3. The van der Waals surface area contributed by atoms with Crippen molar-refractivity contribution in [2.24, 2.45) is 0 Å². The first-order valence-electron chi connectivity index (χ1n) is 6.56. The Morgan fingerprint density at radius 3 is 2.24 bits per heavy atom. The van der Waals surface area contributed by atoms with Crippen LogP contribution in [0.5, 0.6) is 0 Å². The number of anilines is 1. The third kappa shape index (κ3) is 2.40. The van der Waals surface area contributed by atoms with Crippen molar-refractivity contribution in [3.8, 4) is 0 Å². The Kier molecular flexibility index (Phi) is 4.43. The third-order valence-corrected chi connectivity index (χ3v) is 3.24. The lowest BCUT2D eigenvalue weighted by molar-refractivity contribution is 0.358. The fraction of sp³-hybridized carbons (Fsp3) is 0.769. The van der Waals surface area contributed by atoms with Crippen LogP contribution in [-0.2, 0) is 6.54 Å². The van der Waals surface area contributed by atoms with E-state index in [1.165, 1.54) is 0 Å². The minimum atomic E-state index is -0.0310. The highest BCUT2D eigenvalue weighted by atomic mass is 16.1. The van der Waals surface area contributed by atoms with Crippen LogP contribution in [0.2, 0.25) is 0 Å². The predicted octanol–water partition coefficient (Wildman–Crippen LogP) is 2.74. The molecule has 0 bridgehead atoms. The summed E-state index contributed by atoms with van der Waals surface area (Å²) in [4.78, 5) is 12.2. The Bertz CT molecular complexity index is 429. The predicted molar refractivity (Wildman–Crippen MR) is 72.5 cm³/mol. The minimum Gasteiger partial charge on any atom is -0.393 e. The van der Waals surface area contributed by atoms with Gasteiger partial charge in [0.2, 0.25) is 0 Å². The van der Waals surface area contributed by atoms with E-state index in [0.717, 1.165) is 25.1 Å². The average Bonchev–Trinajstić information content (AvgIpc) is 2.51. The van der Waals surface area contributed by atoms with Gasteiger partial charge in [0.25, 0.3) is 5.56 Å². The Hall–Kier alpha value is -1.19. The average molecular weight is 239 g/mol. The van der Waals surface area contributed by atoms with Crippen LogP contribution in [-0.4, -0.2) is 9.36 Å². The van der Waals surface area contributed by atoms with Crippen molar-refractivity contribution in [2.45, 2.75) is 66.0 Å². The van der Waals surface area contributed by atoms with E-state index in [1.54, 1.807) is 0 Å². The second-order valence-electron chi connectivity index (χ2n) is 4.98. The van der Waals surface area contributed by atoms with Gasteiger partial charge in [-0.15, -0.1) is 0 Å². The molecule has 0 aliphatic heterocycles. The van der Waals surface area contributed by atoms with Crippen molar-refractivity contribution in [3.63, 3.8) is 0 Å². The van der Waals surface area contributed by atoms with Gasteiger partial charge in [-0.3, -0.25) is 9.48 Å². The van der Waals surface area contributed by atoms with Gasteiger partial charge in [0, 0.05) is 6.54 Å². The first-order chi connectivity index (χ1) is 7.95. The van der Waals surface area contributed by atoms with E-state index in [9.17, 15) is 4.79 Å². The van der Waals surface area contributed by atoms with Gasteiger partial charge in [0.1, 0.15) is 5.69 Å². The number of rotatable bonds is 5. The Balaban J connectivity index is 3.47. The topological polar surface area (TPSA) is 52.9 Å². The molecule has 1 unspecified atom stereocenters. The second kappa shape index (κ2) is 5.43. The fourth-order valence-corrected chi connectivity index (χ4v) is 2.26. The SMILES string of the molecule is CCCn1c(C(C)C)c(N)c(=O)n1C(C)CC. The summed E-state index contributed by atoms with van der Waals surface area (Å²) in [6.07, 6.45) is 1.94. The second-order valence-corrected chi connectivity index (χ2v) is 4.98. The summed E-state index contributed by atoms with van der Waals surface area (Å²) < 4.78 is 3.91. The van der Waals surface area contributed by atoms with Crippen LogP contribution in [0.3, 0.4) is 0 Å². The zero-order valence-corrected chi connectivity index (χ0v) is 11.7. The van der Waals surface area contributed by atoms with Crippen LogP contribution < -0.4 is 11.3 Å². The van der Waals surface area contributed by atoms with Crippen molar-refractivity contribution in [2.75, 3.05) is 5.73 Å². The molecule has 4 heteroatoms. The molecule has 0 aliphatic carbocycles. The smallest absolute Gasteiger partial charge is 0.290 e. The van der Waals surface area contributed by atoms with Gasteiger partial charge < -0.3 is 5.73 Å². The van der Waals surface area contributed by atoms with Gasteiger partial charge in [-0.2, -0.15) is 0 Å². The van der Waals surface area contributed by atoms with Gasteiger partial charge in [-0.05, 0) is 25.7 Å². The van der Waals surface area contributed by atoms with Gasteiger partial charge in [0.05, 0.1) is 11.7 Å². The number of hydrogen-bond donors (Lipinski definition) is 1. The highest BCUT2D eigenvalue weighted by Crippen LogP contribution is 2.22. The van der Waals surface area contributed by atoms with Crippen molar-refractivity contribution >= 4 is 5.69 Å². The van der Waals surface area contributed by atoms with E-state index < -0.39 is 0 Å². The number of nitrogens with two attached hydrogens (primary N) is 1. The maximum Gasteiger partial charge on any atom is 0.290 e. The summed E-state index contributed by atoms with van der Waals surface area (Å²) in [6.45, 7) is 11.3. The summed E-state index contributed by atoms with van der Waals surface area (Å²) >= 11 is 0. The molecule has 1 rings (SSSR count). The highest BCUT2D eigenvalue weighted by molar-refractivity contribution is 5.43. The first-order valence-corrected chi connectivity index (χ1v) is 6.56. The van der Waals surface area contributed by atoms with E-state index in [1.807, 2.05) is 4.68 Å². The van der Waals surface area contributed by atoms with Crippen LogP contribution in [0.15, 0.2) is 4.79 Å². The van der Waals surface area contributed by atoms with Crippen LogP contribution in [0.4, 0.5) is 5.69 Å². The number of nitrogen functional groups attached to an aromatic ring is 1. The number of aromatic nitrogens is 2. The maximum atomic E-state index is 12.2. The molecule has 0 aromatic carbocycles. The molecule has 0 saturated heterocycles. The normalized spacial score (nSPS) is 13.3. The lowest BCUT2D eigenvalue weighted by Gasteiger charge is -2.19. The van der Waals surface area contributed by atoms with Crippen molar-refractivity contribution < 1.29 is 0 Å². The zero-order valence-electron chi connectivity index (χ0n) is 11.7. The molecule has 0 amide bonds. The third-order valence-electron chi connectivity index (χ3n) is 3.24. The van der Waals surface area contributed by atoms with Crippen LogP contribution in [0.1, 0.15) is 65.1 Å². The van der Waals surface area contributed by atoms with E-state index in [4.69, 9.17) is 5.73 Å². The molecule has 1 aromatic heterocycles. The van der Waals surface area contributed by atoms with Gasteiger partial charge >= 0.3 is 0 Å². The van der Waals surface area contributed by atoms with Crippen molar-refractivity contribution in [1.29, 1.82) is 0 Å². The van der Waals surface area contributed by atoms with Gasteiger partial charge in [-0.25, -0.2) is 4.68 Å². The largest absolute Gasteiger partial charge is 0.393 e. The molecule has 0 radical (unpaired) electrons. The van der Waals surface area contributed by atoms with Crippen LogP contribution in [0.25, 0.3) is 0 Å².